The Bertz CT molecular complexity index is 600. The van der Waals surface area contributed by atoms with Crippen LogP contribution in [0.5, 0.6) is 0 Å². The van der Waals surface area contributed by atoms with Gasteiger partial charge in [0.2, 0.25) is 0 Å². The van der Waals surface area contributed by atoms with E-state index < -0.39 is 10.9 Å². The molecule has 1 N–H and O–H groups in total. The van der Waals surface area contributed by atoms with Gasteiger partial charge >= 0.3 is 11.0 Å². The number of carbonyl (C=O) groups excluding carboxylic acids is 2. The van der Waals surface area contributed by atoms with E-state index in [1.54, 1.807) is 0 Å². The fourth-order valence-electron chi connectivity index (χ4n) is 2.77. The summed E-state index contributed by atoms with van der Waals surface area (Å²) in [6, 6.07) is 2.67. The number of amides is 1. The number of thiophene rings is 1. The van der Waals surface area contributed by atoms with E-state index in [1.807, 2.05) is 0 Å². The maximum atomic E-state index is 11.9. The van der Waals surface area contributed by atoms with Crippen LogP contribution in [0.2, 0.25) is 0 Å². The summed E-state index contributed by atoms with van der Waals surface area (Å²) < 4.78 is 4.92. The van der Waals surface area contributed by atoms with Crippen LogP contribution in [0.4, 0.5) is 5.00 Å². The van der Waals surface area contributed by atoms with Crippen LogP contribution in [-0.2, 0) is 9.53 Å². The second-order valence-electron chi connectivity index (χ2n) is 5.91. The summed E-state index contributed by atoms with van der Waals surface area (Å²) in [6.45, 7) is 3.92. The molecule has 1 aromatic heterocycles. The summed E-state index contributed by atoms with van der Waals surface area (Å²) in [7, 11) is 0. The summed E-state index contributed by atoms with van der Waals surface area (Å²) in [6.07, 6.45) is 3.18. The topological polar surface area (TPSA) is 98.5 Å². The van der Waals surface area contributed by atoms with Gasteiger partial charge < -0.3 is 10.1 Å². The van der Waals surface area contributed by atoms with Gasteiger partial charge in [-0.15, -0.1) is 0 Å². The molecular weight excluding hydrogens is 320 g/mol. The molecule has 1 amide bonds. The predicted octanol–water partition coefficient (Wildman–Crippen LogP) is 2.75. The lowest BCUT2D eigenvalue weighted by atomic mass is 9.78. The van der Waals surface area contributed by atoms with Crippen molar-refractivity contribution < 1.29 is 19.2 Å². The molecule has 1 aromatic rings. The van der Waals surface area contributed by atoms with E-state index in [0.717, 1.165) is 24.2 Å². The number of hydrogen-bond acceptors (Lipinski definition) is 6. The van der Waals surface area contributed by atoms with Crippen LogP contribution in [0.25, 0.3) is 0 Å². The number of hydrogen-bond donors (Lipinski definition) is 1. The van der Waals surface area contributed by atoms with Crippen molar-refractivity contribution in [2.75, 3.05) is 6.61 Å². The van der Waals surface area contributed by atoms with E-state index in [1.165, 1.54) is 18.6 Å². The molecule has 3 unspecified atom stereocenters. The second-order valence-corrected chi connectivity index (χ2v) is 6.97. The molecule has 7 nitrogen and oxygen atoms in total. The average molecular weight is 340 g/mol. The first-order chi connectivity index (χ1) is 10.9. The van der Waals surface area contributed by atoms with Crippen molar-refractivity contribution in [3.63, 3.8) is 0 Å². The highest BCUT2D eigenvalue weighted by atomic mass is 32.1. The zero-order valence-electron chi connectivity index (χ0n) is 13.1. The molecule has 8 heteroatoms. The molecule has 1 aliphatic rings. The Labute approximate surface area is 138 Å². The smallest absolute Gasteiger partial charge is 0.349 e. The third-order valence-corrected chi connectivity index (χ3v) is 5.38. The lowest BCUT2D eigenvalue weighted by Gasteiger charge is -2.34. The molecule has 1 heterocycles. The molecule has 2 rings (SSSR count). The van der Waals surface area contributed by atoms with Gasteiger partial charge in [0.05, 0.1) is 4.92 Å². The normalized spacial score (nSPS) is 24.0. The molecule has 1 fully saturated rings. The van der Waals surface area contributed by atoms with E-state index in [2.05, 4.69) is 19.2 Å². The Morgan fingerprint density at radius 3 is 2.78 bits per heavy atom. The van der Waals surface area contributed by atoms with Crippen LogP contribution in [0.3, 0.4) is 0 Å². The minimum absolute atomic E-state index is 0.104. The van der Waals surface area contributed by atoms with Crippen LogP contribution in [0.1, 0.15) is 42.8 Å². The Kier molecular flexibility index (Phi) is 5.70. The lowest BCUT2D eigenvalue weighted by Crippen LogP contribution is -2.45. The number of rotatable bonds is 5. The van der Waals surface area contributed by atoms with Gasteiger partial charge in [0.1, 0.15) is 4.88 Å². The van der Waals surface area contributed by atoms with Gasteiger partial charge in [0, 0.05) is 12.1 Å². The number of ether oxygens (including phenoxy) is 1. The monoisotopic (exact) mass is 340 g/mol. The Morgan fingerprint density at radius 2 is 2.13 bits per heavy atom. The highest BCUT2D eigenvalue weighted by Gasteiger charge is 2.28. The highest BCUT2D eigenvalue weighted by Crippen LogP contribution is 2.29. The first-order valence-electron chi connectivity index (χ1n) is 7.59. The Morgan fingerprint density at radius 1 is 1.39 bits per heavy atom. The summed E-state index contributed by atoms with van der Waals surface area (Å²) >= 11 is 0.732. The van der Waals surface area contributed by atoms with Crippen molar-refractivity contribution in [2.24, 2.45) is 11.8 Å². The molecule has 0 bridgehead atoms. The first-order valence-corrected chi connectivity index (χ1v) is 8.41. The van der Waals surface area contributed by atoms with Gasteiger partial charge in [-0.25, -0.2) is 4.79 Å². The largest absolute Gasteiger partial charge is 0.451 e. The van der Waals surface area contributed by atoms with E-state index in [0.29, 0.717) is 11.8 Å². The number of nitrogens with one attached hydrogen (secondary N) is 1. The summed E-state index contributed by atoms with van der Waals surface area (Å²) in [5.74, 6) is -0.106. The van der Waals surface area contributed by atoms with Gasteiger partial charge in [0.15, 0.2) is 6.61 Å². The quantitative estimate of drug-likeness (QED) is 0.505. The number of carbonyl (C=O) groups is 2. The molecule has 23 heavy (non-hydrogen) atoms. The molecule has 1 saturated carbocycles. The van der Waals surface area contributed by atoms with Gasteiger partial charge in [-0.05, 0) is 24.3 Å². The van der Waals surface area contributed by atoms with E-state index in [-0.39, 0.29) is 28.4 Å². The van der Waals surface area contributed by atoms with Crippen molar-refractivity contribution in [3.05, 3.63) is 27.1 Å². The first kappa shape index (κ1) is 17.4. The molecule has 0 aromatic carbocycles. The lowest BCUT2D eigenvalue weighted by molar-refractivity contribution is -0.380. The van der Waals surface area contributed by atoms with Crippen molar-refractivity contribution in [1.82, 2.24) is 5.32 Å². The highest BCUT2D eigenvalue weighted by molar-refractivity contribution is 7.17. The van der Waals surface area contributed by atoms with E-state index >= 15 is 0 Å². The van der Waals surface area contributed by atoms with Crippen LogP contribution in [-0.4, -0.2) is 29.4 Å². The van der Waals surface area contributed by atoms with Crippen molar-refractivity contribution >= 4 is 28.2 Å². The number of nitro groups is 1. The van der Waals surface area contributed by atoms with Gasteiger partial charge in [-0.3, -0.25) is 14.9 Å². The molecule has 3 atom stereocenters. The zero-order chi connectivity index (χ0) is 17.0. The van der Waals surface area contributed by atoms with Crippen LogP contribution in [0.15, 0.2) is 12.1 Å². The predicted molar refractivity (Wildman–Crippen MR) is 85.4 cm³/mol. The summed E-state index contributed by atoms with van der Waals surface area (Å²) in [4.78, 5) is 33.8. The third kappa shape index (κ3) is 4.51. The zero-order valence-corrected chi connectivity index (χ0v) is 13.9. The summed E-state index contributed by atoms with van der Waals surface area (Å²) in [5.41, 5.74) is 0. The molecule has 126 valence electrons. The van der Waals surface area contributed by atoms with Crippen LogP contribution < -0.4 is 5.32 Å². The fraction of sp³-hybridized carbons (Fsp3) is 0.600. The molecule has 1 aliphatic carbocycles. The molecule has 0 spiro atoms. The molecular formula is C15H20N2O5S. The van der Waals surface area contributed by atoms with Gasteiger partial charge in [0.25, 0.3) is 5.91 Å². The third-order valence-electron chi connectivity index (χ3n) is 4.36. The number of esters is 1. The van der Waals surface area contributed by atoms with E-state index in [4.69, 9.17) is 4.74 Å². The maximum absolute atomic E-state index is 11.9. The Hall–Kier alpha value is -1.96. The minimum atomic E-state index is -0.719. The average Bonchev–Trinajstić information content (AvgIpc) is 3.00. The fourth-order valence-corrected chi connectivity index (χ4v) is 3.49. The maximum Gasteiger partial charge on any atom is 0.349 e. The van der Waals surface area contributed by atoms with Crippen LogP contribution in [0, 0.1) is 22.0 Å². The van der Waals surface area contributed by atoms with Crippen LogP contribution >= 0.6 is 11.3 Å². The van der Waals surface area contributed by atoms with Gasteiger partial charge in [-0.1, -0.05) is 38.0 Å². The Balaban J connectivity index is 1.81. The van der Waals surface area contributed by atoms with Gasteiger partial charge in [-0.2, -0.15) is 0 Å². The molecule has 0 aliphatic heterocycles. The second kappa shape index (κ2) is 7.54. The summed E-state index contributed by atoms with van der Waals surface area (Å²) in [5, 5.41) is 13.4. The minimum Gasteiger partial charge on any atom is -0.451 e. The standard InChI is InChI=1S/C15H20N2O5S/c1-9-4-3-5-11(10(9)2)16-13(18)8-22-15(19)12-6-7-14(23-12)17(20)21/h6-7,9-11H,3-5,8H2,1-2H3,(H,16,18). The SMILES string of the molecule is CC1CCCC(NC(=O)COC(=O)c2ccc([N+](=O)[O-])s2)C1C. The van der Waals surface area contributed by atoms with E-state index in [9.17, 15) is 19.7 Å². The van der Waals surface area contributed by atoms with Crippen molar-refractivity contribution in [2.45, 2.75) is 39.2 Å². The van der Waals surface area contributed by atoms with Crippen molar-refractivity contribution in [1.29, 1.82) is 0 Å². The molecule has 0 radical (unpaired) electrons. The van der Waals surface area contributed by atoms with Crippen molar-refractivity contribution in [3.8, 4) is 0 Å². The molecule has 0 saturated heterocycles. The number of nitrogens with zero attached hydrogens (tertiary/aromatic N) is 1.